The fourth-order valence-electron chi connectivity index (χ4n) is 2.11. The van der Waals surface area contributed by atoms with Crippen molar-refractivity contribution in [2.45, 2.75) is 18.1 Å². The maximum Gasteiger partial charge on any atom is 0.182 e. The topological polar surface area (TPSA) is 29.5 Å². The molecule has 1 aromatic carbocycles. The van der Waals surface area contributed by atoms with Crippen LogP contribution >= 0.6 is 23.1 Å². The summed E-state index contributed by atoms with van der Waals surface area (Å²) in [5.74, 6) is 0.926. The Hall–Kier alpha value is -1.33. The first-order valence-corrected chi connectivity index (χ1v) is 8.71. The maximum atomic E-state index is 9.93. The lowest BCUT2D eigenvalue weighted by atomic mass is 10.1. The first-order valence-electron chi connectivity index (χ1n) is 6.72. The van der Waals surface area contributed by atoms with Gasteiger partial charge in [0, 0.05) is 11.3 Å². The highest BCUT2D eigenvalue weighted by Gasteiger charge is 2.24. The number of thioether (sulfide) groups is 1. The lowest BCUT2D eigenvalue weighted by Gasteiger charge is -2.08. The molecule has 2 heterocycles. The molecule has 0 amide bonds. The Morgan fingerprint density at radius 2 is 2.10 bits per heavy atom. The molecular formula is C17H16O2S2. The molecule has 1 aliphatic heterocycles. The highest BCUT2D eigenvalue weighted by molar-refractivity contribution is 8.01. The molecule has 0 saturated carbocycles. The summed E-state index contributed by atoms with van der Waals surface area (Å²) in [6.07, 6.45) is 2.95. The molecule has 0 saturated heterocycles. The van der Waals surface area contributed by atoms with Gasteiger partial charge < -0.3 is 9.84 Å². The third-order valence-electron chi connectivity index (χ3n) is 3.23. The molecule has 108 valence electrons. The van der Waals surface area contributed by atoms with Crippen LogP contribution in [0.25, 0.3) is 0 Å². The Morgan fingerprint density at radius 1 is 1.24 bits per heavy atom. The van der Waals surface area contributed by atoms with E-state index in [1.54, 1.807) is 23.1 Å². The Balaban J connectivity index is 1.56. The van der Waals surface area contributed by atoms with E-state index in [1.807, 2.05) is 52.6 Å². The number of ether oxygens (including phenoxy) is 1. The van der Waals surface area contributed by atoms with Crippen molar-refractivity contribution in [1.82, 2.24) is 0 Å². The molecule has 2 unspecified atom stereocenters. The van der Waals surface area contributed by atoms with Gasteiger partial charge in [0.1, 0.15) is 6.10 Å². The molecule has 2 aromatic rings. The van der Waals surface area contributed by atoms with E-state index in [2.05, 4.69) is 12.1 Å². The van der Waals surface area contributed by atoms with Crippen LogP contribution in [-0.4, -0.2) is 11.4 Å². The number of rotatable bonds is 5. The fraction of sp³-hybridized carbons (Fsp3) is 0.176. The van der Waals surface area contributed by atoms with E-state index in [0.29, 0.717) is 0 Å². The largest absolute Gasteiger partial charge is 0.364 e. The summed E-state index contributed by atoms with van der Waals surface area (Å²) >= 11 is 3.34. The first-order chi connectivity index (χ1) is 10.3. The molecule has 21 heavy (non-hydrogen) atoms. The van der Waals surface area contributed by atoms with Crippen molar-refractivity contribution in [2.75, 3.05) is 0 Å². The van der Waals surface area contributed by atoms with Crippen LogP contribution in [0, 0.1) is 0 Å². The monoisotopic (exact) mass is 316 g/mol. The van der Waals surface area contributed by atoms with Crippen molar-refractivity contribution >= 4 is 23.1 Å². The summed E-state index contributed by atoms with van der Waals surface area (Å²) in [7, 11) is 0. The van der Waals surface area contributed by atoms with E-state index in [-0.39, 0.29) is 6.10 Å². The van der Waals surface area contributed by atoms with Gasteiger partial charge in [-0.25, -0.2) is 0 Å². The zero-order valence-electron chi connectivity index (χ0n) is 11.4. The van der Waals surface area contributed by atoms with Crippen LogP contribution in [0.5, 0.6) is 0 Å². The minimum absolute atomic E-state index is 0.134. The number of aliphatic hydroxyl groups is 1. The molecule has 2 nitrogen and oxygen atoms in total. The molecular weight excluding hydrogens is 300 g/mol. The van der Waals surface area contributed by atoms with Gasteiger partial charge in [-0.2, -0.15) is 11.3 Å². The normalized spacial score (nSPS) is 21.9. The van der Waals surface area contributed by atoms with Crippen LogP contribution < -0.4 is 0 Å². The predicted octanol–water partition coefficient (Wildman–Crippen LogP) is 4.51. The van der Waals surface area contributed by atoms with Crippen molar-refractivity contribution < 1.29 is 9.84 Å². The van der Waals surface area contributed by atoms with E-state index >= 15 is 0 Å². The van der Waals surface area contributed by atoms with Crippen molar-refractivity contribution in [3.8, 4) is 0 Å². The van der Waals surface area contributed by atoms with Crippen LogP contribution in [0.2, 0.25) is 0 Å². The van der Waals surface area contributed by atoms with E-state index in [1.165, 1.54) is 5.56 Å². The molecule has 0 radical (unpaired) electrons. The number of hydrogen-bond acceptors (Lipinski definition) is 4. The quantitative estimate of drug-likeness (QED) is 0.880. The molecule has 0 fully saturated rings. The lowest BCUT2D eigenvalue weighted by molar-refractivity contribution is -0.0787. The average molecular weight is 316 g/mol. The molecule has 4 heteroatoms. The Labute approximate surface area is 132 Å². The van der Waals surface area contributed by atoms with E-state index in [9.17, 15) is 5.11 Å². The van der Waals surface area contributed by atoms with E-state index in [4.69, 9.17) is 4.74 Å². The van der Waals surface area contributed by atoms with Gasteiger partial charge in [-0.1, -0.05) is 30.3 Å². The minimum Gasteiger partial charge on any atom is -0.364 e. The van der Waals surface area contributed by atoms with Crippen molar-refractivity contribution in [1.29, 1.82) is 0 Å². The van der Waals surface area contributed by atoms with Crippen molar-refractivity contribution in [3.63, 3.8) is 0 Å². The summed E-state index contributed by atoms with van der Waals surface area (Å²) in [5.41, 5.74) is 3.21. The Kier molecular flexibility index (Phi) is 4.93. The summed E-state index contributed by atoms with van der Waals surface area (Å²) in [5, 5.41) is 16.0. The summed E-state index contributed by atoms with van der Waals surface area (Å²) in [6, 6.07) is 12.4. The molecule has 1 aromatic heterocycles. The van der Waals surface area contributed by atoms with Crippen LogP contribution in [0.1, 0.15) is 17.2 Å². The Bertz CT molecular complexity index is 618. The van der Waals surface area contributed by atoms with Crippen molar-refractivity contribution in [2.24, 2.45) is 0 Å². The number of benzene rings is 1. The fourth-order valence-corrected chi connectivity index (χ4v) is 3.53. The molecule has 1 aliphatic rings. The zero-order valence-corrected chi connectivity index (χ0v) is 13.0. The second-order valence-corrected chi connectivity index (χ2v) is 6.41. The van der Waals surface area contributed by atoms with Crippen molar-refractivity contribution in [3.05, 3.63) is 81.4 Å². The zero-order chi connectivity index (χ0) is 14.5. The standard InChI is InChI=1S/C17H16O2S2/c18-17-14(10-16(19-17)15-7-9-21-12-15)6-8-20-11-13-4-2-1-3-5-13/h1-10,12,16-18H,11H2/b8-6-. The van der Waals surface area contributed by atoms with Gasteiger partial charge in [0.05, 0.1) is 0 Å². The summed E-state index contributed by atoms with van der Waals surface area (Å²) < 4.78 is 5.54. The number of aliphatic hydroxyl groups excluding tert-OH is 1. The van der Waals surface area contributed by atoms with Gasteiger partial charge >= 0.3 is 0 Å². The first kappa shape index (κ1) is 14.6. The van der Waals surface area contributed by atoms with Crippen LogP contribution in [0.4, 0.5) is 0 Å². The highest BCUT2D eigenvalue weighted by atomic mass is 32.2. The van der Waals surface area contributed by atoms with Gasteiger partial charge in [-0.15, -0.1) is 11.8 Å². The second kappa shape index (κ2) is 7.09. The van der Waals surface area contributed by atoms with Gasteiger partial charge in [-0.05, 0) is 45.5 Å². The van der Waals surface area contributed by atoms with Crippen LogP contribution in [0.15, 0.2) is 70.3 Å². The average Bonchev–Trinajstić information content (AvgIpc) is 3.15. The minimum atomic E-state index is -0.830. The molecule has 3 rings (SSSR count). The SMILES string of the molecule is OC1OC(c2ccsc2)C=C1/C=C\SCc1ccccc1. The summed E-state index contributed by atoms with van der Waals surface area (Å²) in [4.78, 5) is 0. The Morgan fingerprint density at radius 3 is 2.86 bits per heavy atom. The van der Waals surface area contributed by atoms with E-state index in [0.717, 1.165) is 16.9 Å². The van der Waals surface area contributed by atoms with Gasteiger partial charge in [0.25, 0.3) is 0 Å². The van der Waals surface area contributed by atoms with Crippen LogP contribution in [-0.2, 0) is 10.5 Å². The van der Waals surface area contributed by atoms with Gasteiger partial charge in [0.15, 0.2) is 6.29 Å². The number of hydrogen-bond donors (Lipinski definition) is 1. The van der Waals surface area contributed by atoms with Gasteiger partial charge in [0.2, 0.25) is 0 Å². The van der Waals surface area contributed by atoms with Gasteiger partial charge in [-0.3, -0.25) is 0 Å². The summed E-state index contributed by atoms with van der Waals surface area (Å²) in [6.45, 7) is 0. The van der Waals surface area contributed by atoms with E-state index < -0.39 is 6.29 Å². The highest BCUT2D eigenvalue weighted by Crippen LogP contribution is 2.32. The molecule has 1 N–H and O–H groups in total. The lowest BCUT2D eigenvalue weighted by Crippen LogP contribution is -2.08. The number of thiophene rings is 1. The van der Waals surface area contributed by atoms with Crippen LogP contribution in [0.3, 0.4) is 0 Å². The molecule has 0 bridgehead atoms. The molecule has 0 aliphatic carbocycles. The molecule has 0 spiro atoms. The second-order valence-electron chi connectivity index (χ2n) is 4.73. The maximum absolute atomic E-state index is 9.93. The molecule has 2 atom stereocenters. The predicted molar refractivity (Wildman–Crippen MR) is 89.1 cm³/mol. The third-order valence-corrected chi connectivity index (χ3v) is 4.76. The third kappa shape index (κ3) is 3.86. The smallest absolute Gasteiger partial charge is 0.182 e.